The summed E-state index contributed by atoms with van der Waals surface area (Å²) in [5.41, 5.74) is 0.826. The summed E-state index contributed by atoms with van der Waals surface area (Å²) in [4.78, 5) is 26.6. The third kappa shape index (κ3) is 3.61. The number of anilines is 1. The van der Waals surface area contributed by atoms with E-state index >= 15 is 0 Å². The summed E-state index contributed by atoms with van der Waals surface area (Å²) < 4.78 is 0.922. The lowest BCUT2D eigenvalue weighted by atomic mass is 9.98. The van der Waals surface area contributed by atoms with Crippen LogP contribution < -0.4 is 10.2 Å². The van der Waals surface area contributed by atoms with Gasteiger partial charge in [-0.3, -0.25) is 19.6 Å². The maximum absolute atomic E-state index is 12.6. The number of fused-ring (bicyclic) bond motifs is 1. The Morgan fingerprint density at radius 3 is 3.00 bits per heavy atom. The number of carbonyl (C=O) groups is 2. The lowest BCUT2D eigenvalue weighted by Gasteiger charge is -2.23. The SMILES string of the molecule is CC[C@H](C)[C@H](CO)NC(=O)[C@H]1CC(=O)N(c2n[nH]c3cc(Br)ccc23)C1. The number of nitrogens with one attached hydrogen (secondary N) is 2. The van der Waals surface area contributed by atoms with Gasteiger partial charge >= 0.3 is 0 Å². The second kappa shape index (κ2) is 7.75. The Balaban J connectivity index is 1.74. The monoisotopic (exact) mass is 422 g/mol. The summed E-state index contributed by atoms with van der Waals surface area (Å²) in [7, 11) is 0. The van der Waals surface area contributed by atoms with Gasteiger partial charge in [-0.2, -0.15) is 5.10 Å². The van der Waals surface area contributed by atoms with Crippen LogP contribution in [-0.2, 0) is 9.59 Å². The van der Waals surface area contributed by atoms with E-state index in [4.69, 9.17) is 0 Å². The number of amides is 2. The average Bonchev–Trinajstić information content (AvgIpc) is 3.21. The van der Waals surface area contributed by atoms with Gasteiger partial charge in [-0.1, -0.05) is 36.2 Å². The Morgan fingerprint density at radius 1 is 1.54 bits per heavy atom. The quantitative estimate of drug-likeness (QED) is 0.664. The molecular formula is C18H23BrN4O3. The van der Waals surface area contributed by atoms with E-state index in [2.05, 4.69) is 31.4 Å². The molecule has 1 saturated heterocycles. The van der Waals surface area contributed by atoms with Gasteiger partial charge in [-0.25, -0.2) is 0 Å². The van der Waals surface area contributed by atoms with Gasteiger partial charge in [0, 0.05) is 22.8 Å². The van der Waals surface area contributed by atoms with E-state index in [0.717, 1.165) is 21.8 Å². The van der Waals surface area contributed by atoms with Crippen LogP contribution in [0.4, 0.5) is 5.82 Å². The van der Waals surface area contributed by atoms with Crippen molar-refractivity contribution in [3.63, 3.8) is 0 Å². The van der Waals surface area contributed by atoms with E-state index in [0.29, 0.717) is 12.4 Å². The molecule has 0 saturated carbocycles. The second-order valence-corrected chi connectivity index (χ2v) is 7.74. The molecule has 2 aromatic rings. The molecule has 26 heavy (non-hydrogen) atoms. The first kappa shape index (κ1) is 18.8. The van der Waals surface area contributed by atoms with Gasteiger partial charge in [0.2, 0.25) is 11.8 Å². The second-order valence-electron chi connectivity index (χ2n) is 6.83. The van der Waals surface area contributed by atoms with Gasteiger partial charge in [-0.15, -0.1) is 0 Å². The molecule has 0 unspecified atom stereocenters. The number of rotatable bonds is 6. The van der Waals surface area contributed by atoms with Crippen LogP contribution in [-0.4, -0.2) is 46.3 Å². The summed E-state index contributed by atoms with van der Waals surface area (Å²) in [5, 5.41) is 20.4. The number of aromatic nitrogens is 2. The highest BCUT2D eigenvalue weighted by atomic mass is 79.9. The highest BCUT2D eigenvalue weighted by Crippen LogP contribution is 2.31. The van der Waals surface area contributed by atoms with Crippen LogP contribution in [0, 0.1) is 11.8 Å². The molecule has 2 amide bonds. The minimum atomic E-state index is -0.442. The van der Waals surface area contributed by atoms with Gasteiger partial charge < -0.3 is 10.4 Å². The fourth-order valence-electron chi connectivity index (χ4n) is 3.22. The number of carbonyl (C=O) groups excluding carboxylic acids is 2. The molecule has 1 aliphatic heterocycles. The fourth-order valence-corrected chi connectivity index (χ4v) is 3.59. The summed E-state index contributed by atoms with van der Waals surface area (Å²) in [6.45, 7) is 4.19. The van der Waals surface area contributed by atoms with E-state index in [1.54, 1.807) is 4.90 Å². The van der Waals surface area contributed by atoms with Crippen molar-refractivity contribution >= 4 is 44.5 Å². The Labute approximate surface area is 160 Å². The van der Waals surface area contributed by atoms with Crippen LogP contribution in [0.2, 0.25) is 0 Å². The maximum Gasteiger partial charge on any atom is 0.229 e. The van der Waals surface area contributed by atoms with Crippen LogP contribution in [0.3, 0.4) is 0 Å². The van der Waals surface area contributed by atoms with Gasteiger partial charge in [-0.05, 0) is 24.1 Å². The fraction of sp³-hybridized carbons (Fsp3) is 0.500. The number of aromatic amines is 1. The number of halogens is 1. The first-order chi connectivity index (χ1) is 12.4. The molecule has 1 aromatic carbocycles. The largest absolute Gasteiger partial charge is 0.394 e. The molecule has 3 N–H and O–H groups in total. The Kier molecular flexibility index (Phi) is 5.62. The topological polar surface area (TPSA) is 98.3 Å². The van der Waals surface area contributed by atoms with Crippen LogP contribution in [0.1, 0.15) is 26.7 Å². The number of hydrogen-bond donors (Lipinski definition) is 3. The molecule has 1 aliphatic rings. The predicted octanol–water partition coefficient (Wildman–Crippen LogP) is 2.20. The zero-order valence-corrected chi connectivity index (χ0v) is 16.4. The third-order valence-electron chi connectivity index (χ3n) is 5.11. The smallest absolute Gasteiger partial charge is 0.229 e. The number of nitrogens with zero attached hydrogens (tertiary/aromatic N) is 2. The highest BCUT2D eigenvalue weighted by Gasteiger charge is 2.37. The van der Waals surface area contributed by atoms with Gasteiger partial charge in [0.15, 0.2) is 5.82 Å². The minimum absolute atomic E-state index is 0.107. The molecule has 7 nitrogen and oxygen atoms in total. The molecular weight excluding hydrogens is 400 g/mol. The van der Waals surface area contributed by atoms with Crippen molar-refractivity contribution in [3.05, 3.63) is 22.7 Å². The van der Waals surface area contributed by atoms with E-state index in [-0.39, 0.29) is 36.8 Å². The highest BCUT2D eigenvalue weighted by molar-refractivity contribution is 9.10. The normalized spacial score (nSPS) is 19.8. The zero-order chi connectivity index (χ0) is 18.8. The van der Waals surface area contributed by atoms with Crippen molar-refractivity contribution < 1.29 is 14.7 Å². The molecule has 1 fully saturated rings. The van der Waals surface area contributed by atoms with E-state index in [9.17, 15) is 14.7 Å². The molecule has 3 rings (SSSR count). The maximum atomic E-state index is 12.6. The van der Waals surface area contributed by atoms with Gasteiger partial charge in [0.05, 0.1) is 24.1 Å². The number of aliphatic hydroxyl groups excluding tert-OH is 1. The molecule has 2 heterocycles. The summed E-state index contributed by atoms with van der Waals surface area (Å²) in [6.07, 6.45) is 1.01. The van der Waals surface area contributed by atoms with Crippen molar-refractivity contribution in [3.8, 4) is 0 Å². The number of H-pyrrole nitrogens is 1. The third-order valence-corrected chi connectivity index (χ3v) is 5.60. The van der Waals surface area contributed by atoms with Crippen LogP contribution in [0.25, 0.3) is 10.9 Å². The molecule has 0 radical (unpaired) electrons. The molecule has 0 spiro atoms. The first-order valence-electron chi connectivity index (χ1n) is 8.79. The van der Waals surface area contributed by atoms with Crippen molar-refractivity contribution in [2.24, 2.45) is 11.8 Å². The molecule has 1 aromatic heterocycles. The molecule has 3 atom stereocenters. The van der Waals surface area contributed by atoms with Crippen molar-refractivity contribution in [2.75, 3.05) is 18.1 Å². The molecule has 140 valence electrons. The first-order valence-corrected chi connectivity index (χ1v) is 9.59. The summed E-state index contributed by atoms with van der Waals surface area (Å²) in [6, 6.07) is 5.39. The standard InChI is InChI=1S/C18H23BrN4O3/c1-3-10(2)15(9-24)20-18(26)11-6-16(25)23(8-11)17-13-5-4-12(19)7-14(13)21-22-17/h4-5,7,10-11,15,24H,3,6,8-9H2,1-2H3,(H,20,26)(H,21,22)/t10-,11-,15-/m0/s1. The van der Waals surface area contributed by atoms with Gasteiger partial charge in [0.25, 0.3) is 0 Å². The predicted molar refractivity (Wildman–Crippen MR) is 103 cm³/mol. The van der Waals surface area contributed by atoms with Crippen LogP contribution >= 0.6 is 15.9 Å². The van der Waals surface area contributed by atoms with E-state index < -0.39 is 5.92 Å². The number of hydrogen-bond acceptors (Lipinski definition) is 4. The van der Waals surface area contributed by atoms with Crippen molar-refractivity contribution in [1.29, 1.82) is 0 Å². The Bertz CT molecular complexity index is 822. The number of aliphatic hydroxyl groups is 1. The lowest BCUT2D eigenvalue weighted by Crippen LogP contribution is -2.45. The number of benzene rings is 1. The van der Waals surface area contributed by atoms with E-state index in [1.807, 2.05) is 32.0 Å². The molecule has 0 bridgehead atoms. The Hall–Kier alpha value is -1.93. The van der Waals surface area contributed by atoms with Crippen LogP contribution in [0.15, 0.2) is 22.7 Å². The van der Waals surface area contributed by atoms with Crippen molar-refractivity contribution in [2.45, 2.75) is 32.7 Å². The average molecular weight is 423 g/mol. The van der Waals surface area contributed by atoms with Crippen LogP contribution in [0.5, 0.6) is 0 Å². The summed E-state index contributed by atoms with van der Waals surface area (Å²) >= 11 is 3.41. The summed E-state index contributed by atoms with van der Waals surface area (Å²) in [5.74, 6) is -0.0320. The molecule has 0 aliphatic carbocycles. The van der Waals surface area contributed by atoms with E-state index in [1.165, 1.54) is 0 Å². The minimum Gasteiger partial charge on any atom is -0.394 e. The van der Waals surface area contributed by atoms with Gasteiger partial charge in [0.1, 0.15) is 0 Å². The zero-order valence-electron chi connectivity index (χ0n) is 14.8. The van der Waals surface area contributed by atoms with Crippen molar-refractivity contribution in [1.82, 2.24) is 15.5 Å². The Morgan fingerprint density at radius 2 is 2.31 bits per heavy atom. The lowest BCUT2D eigenvalue weighted by molar-refractivity contribution is -0.127. The molecule has 8 heteroatoms.